The van der Waals surface area contributed by atoms with Crippen LogP contribution < -0.4 is 14.8 Å². The van der Waals surface area contributed by atoms with E-state index in [4.69, 9.17) is 9.47 Å². The number of pyridine rings is 1. The van der Waals surface area contributed by atoms with Gasteiger partial charge in [-0.3, -0.25) is 4.79 Å². The number of aromatic nitrogens is 1. The molecule has 0 fully saturated rings. The normalized spacial score (nSPS) is 11.7. The molecule has 1 atom stereocenters. The quantitative estimate of drug-likeness (QED) is 0.404. The zero-order valence-electron chi connectivity index (χ0n) is 18.5. The third-order valence-corrected chi connectivity index (χ3v) is 4.96. The molecule has 0 aliphatic carbocycles. The standard InChI is InChI=1S/C23H30N2O5/c1-7-17-11-10-12-18(8-2)21(17)24-22(26)20-15(5)25(28)14(4)13-19(20)30-16(6)23(27)29-9-3/h10-13,16H,7-9H2,1-6H3,(H,24,26). The maximum absolute atomic E-state index is 13.3. The van der Waals surface area contributed by atoms with E-state index in [2.05, 4.69) is 5.32 Å². The van der Waals surface area contributed by atoms with Gasteiger partial charge >= 0.3 is 5.97 Å². The molecule has 1 N–H and O–H groups in total. The Bertz CT molecular complexity index is 917. The summed E-state index contributed by atoms with van der Waals surface area (Å²) in [6.07, 6.45) is 0.578. The predicted molar refractivity (Wildman–Crippen MR) is 115 cm³/mol. The highest BCUT2D eigenvalue weighted by molar-refractivity contribution is 6.07. The van der Waals surface area contributed by atoms with E-state index in [0.717, 1.165) is 29.7 Å². The van der Waals surface area contributed by atoms with Gasteiger partial charge in [-0.1, -0.05) is 32.0 Å². The molecule has 0 radical (unpaired) electrons. The molecule has 7 nitrogen and oxygen atoms in total. The van der Waals surface area contributed by atoms with Crippen molar-refractivity contribution < 1.29 is 23.8 Å². The van der Waals surface area contributed by atoms with Gasteiger partial charge in [0.15, 0.2) is 11.8 Å². The second-order valence-corrected chi connectivity index (χ2v) is 7.03. The number of hydrogen-bond acceptors (Lipinski definition) is 5. The van der Waals surface area contributed by atoms with Crippen LogP contribution in [0.5, 0.6) is 5.75 Å². The summed E-state index contributed by atoms with van der Waals surface area (Å²) in [4.78, 5) is 25.3. The molecule has 30 heavy (non-hydrogen) atoms. The van der Waals surface area contributed by atoms with E-state index in [1.807, 2.05) is 32.0 Å². The number of hydrogen-bond donors (Lipinski definition) is 1. The minimum Gasteiger partial charge on any atom is -0.618 e. The maximum Gasteiger partial charge on any atom is 0.347 e. The van der Waals surface area contributed by atoms with Gasteiger partial charge < -0.3 is 20.0 Å². The van der Waals surface area contributed by atoms with Crippen LogP contribution in [0.25, 0.3) is 0 Å². The molecule has 7 heteroatoms. The van der Waals surface area contributed by atoms with E-state index in [1.165, 1.54) is 6.07 Å². The Hall–Kier alpha value is -3.09. The van der Waals surface area contributed by atoms with Gasteiger partial charge in [0.05, 0.1) is 6.61 Å². The molecule has 1 heterocycles. The van der Waals surface area contributed by atoms with Crippen LogP contribution in [0.4, 0.5) is 5.69 Å². The first-order valence-electron chi connectivity index (χ1n) is 10.2. The van der Waals surface area contributed by atoms with Crippen molar-refractivity contribution >= 4 is 17.6 Å². The molecule has 162 valence electrons. The molecular weight excluding hydrogens is 384 g/mol. The van der Waals surface area contributed by atoms with E-state index in [-0.39, 0.29) is 23.6 Å². The van der Waals surface area contributed by atoms with Crippen LogP contribution in [-0.4, -0.2) is 24.6 Å². The van der Waals surface area contributed by atoms with Crippen LogP contribution in [0.15, 0.2) is 24.3 Å². The van der Waals surface area contributed by atoms with Crippen molar-refractivity contribution in [1.29, 1.82) is 0 Å². The third-order valence-electron chi connectivity index (χ3n) is 4.96. The molecule has 0 spiro atoms. The van der Waals surface area contributed by atoms with Gasteiger partial charge in [0, 0.05) is 25.6 Å². The molecule has 0 aliphatic heterocycles. The Morgan fingerprint density at radius 1 is 1.13 bits per heavy atom. The van der Waals surface area contributed by atoms with E-state index in [9.17, 15) is 14.8 Å². The van der Waals surface area contributed by atoms with Crippen LogP contribution >= 0.6 is 0 Å². The van der Waals surface area contributed by atoms with Gasteiger partial charge in [-0.15, -0.1) is 0 Å². The zero-order chi connectivity index (χ0) is 22.4. The van der Waals surface area contributed by atoms with Crippen LogP contribution in [0.3, 0.4) is 0 Å². The summed E-state index contributed by atoms with van der Waals surface area (Å²) in [5.41, 5.74) is 3.41. The Balaban J connectivity index is 2.49. The summed E-state index contributed by atoms with van der Waals surface area (Å²) in [5, 5.41) is 15.4. The smallest absolute Gasteiger partial charge is 0.347 e. The molecule has 2 aromatic rings. The number of para-hydroxylation sites is 1. The Morgan fingerprint density at radius 3 is 2.27 bits per heavy atom. The number of ether oxygens (including phenoxy) is 2. The highest BCUT2D eigenvalue weighted by atomic mass is 16.6. The predicted octanol–water partition coefficient (Wildman–Crippen LogP) is 3.64. The summed E-state index contributed by atoms with van der Waals surface area (Å²) < 4.78 is 11.4. The number of rotatable bonds is 8. The summed E-state index contributed by atoms with van der Waals surface area (Å²) >= 11 is 0. The number of aryl methyl sites for hydroxylation is 3. The minimum absolute atomic E-state index is 0.0970. The lowest BCUT2D eigenvalue weighted by atomic mass is 10.0. The first kappa shape index (κ1) is 23.2. The van der Waals surface area contributed by atoms with Crippen molar-refractivity contribution in [3.63, 3.8) is 0 Å². The molecule has 1 aromatic carbocycles. The fourth-order valence-corrected chi connectivity index (χ4v) is 3.31. The van der Waals surface area contributed by atoms with Gasteiger partial charge in [0.25, 0.3) is 5.91 Å². The second-order valence-electron chi connectivity index (χ2n) is 7.03. The number of amides is 1. The van der Waals surface area contributed by atoms with E-state index in [1.54, 1.807) is 27.7 Å². The van der Waals surface area contributed by atoms with Crippen molar-refractivity contribution in [3.8, 4) is 5.75 Å². The van der Waals surface area contributed by atoms with Crippen LogP contribution in [-0.2, 0) is 22.4 Å². The molecule has 0 bridgehead atoms. The zero-order valence-corrected chi connectivity index (χ0v) is 18.5. The van der Waals surface area contributed by atoms with Crippen LogP contribution in [0.1, 0.15) is 60.6 Å². The minimum atomic E-state index is -0.924. The highest BCUT2D eigenvalue weighted by Crippen LogP contribution is 2.27. The lowest BCUT2D eigenvalue weighted by molar-refractivity contribution is -0.619. The number of carbonyl (C=O) groups excluding carboxylic acids is 2. The number of esters is 1. The number of nitrogens with one attached hydrogen (secondary N) is 1. The molecule has 1 aromatic heterocycles. The van der Waals surface area contributed by atoms with Gasteiger partial charge in [-0.05, 0) is 37.8 Å². The van der Waals surface area contributed by atoms with Crippen molar-refractivity contribution in [2.75, 3.05) is 11.9 Å². The van der Waals surface area contributed by atoms with Crippen LogP contribution in [0.2, 0.25) is 0 Å². The molecule has 1 amide bonds. The molecular formula is C23H30N2O5. The fourth-order valence-electron chi connectivity index (χ4n) is 3.31. The second kappa shape index (κ2) is 10.1. The number of benzene rings is 1. The molecule has 0 aliphatic rings. The molecule has 1 unspecified atom stereocenters. The third kappa shape index (κ3) is 4.90. The Labute approximate surface area is 177 Å². The molecule has 0 saturated carbocycles. The first-order chi connectivity index (χ1) is 14.2. The average Bonchev–Trinajstić information content (AvgIpc) is 2.72. The first-order valence-corrected chi connectivity index (χ1v) is 10.2. The summed E-state index contributed by atoms with van der Waals surface area (Å²) in [7, 11) is 0. The molecule has 2 rings (SSSR count). The number of nitrogens with zero attached hydrogens (tertiary/aromatic N) is 1. The van der Waals surface area contributed by atoms with Gasteiger partial charge in [0.1, 0.15) is 11.3 Å². The Kier molecular flexibility index (Phi) is 7.80. The average molecular weight is 415 g/mol. The van der Waals surface area contributed by atoms with E-state index in [0.29, 0.717) is 10.4 Å². The van der Waals surface area contributed by atoms with Crippen molar-refractivity contribution in [2.24, 2.45) is 0 Å². The summed E-state index contributed by atoms with van der Waals surface area (Å²) in [6, 6.07) is 7.36. The van der Waals surface area contributed by atoms with Gasteiger partial charge in [-0.25, -0.2) is 4.79 Å². The highest BCUT2D eigenvalue weighted by Gasteiger charge is 2.28. The maximum atomic E-state index is 13.3. The Morgan fingerprint density at radius 2 is 1.73 bits per heavy atom. The lowest BCUT2D eigenvalue weighted by Gasteiger charge is -2.19. The monoisotopic (exact) mass is 414 g/mol. The van der Waals surface area contributed by atoms with Crippen molar-refractivity contribution in [1.82, 2.24) is 0 Å². The van der Waals surface area contributed by atoms with E-state index < -0.39 is 18.0 Å². The van der Waals surface area contributed by atoms with Crippen molar-refractivity contribution in [3.05, 3.63) is 57.6 Å². The summed E-state index contributed by atoms with van der Waals surface area (Å²) in [5.74, 6) is -0.830. The number of carbonyl (C=O) groups is 2. The van der Waals surface area contributed by atoms with Gasteiger partial charge in [-0.2, -0.15) is 4.73 Å². The largest absolute Gasteiger partial charge is 0.618 e. The molecule has 0 saturated heterocycles. The fraction of sp³-hybridized carbons (Fsp3) is 0.435. The summed E-state index contributed by atoms with van der Waals surface area (Å²) in [6.45, 7) is 10.7. The lowest BCUT2D eigenvalue weighted by Crippen LogP contribution is -2.37. The number of anilines is 1. The van der Waals surface area contributed by atoms with Crippen molar-refractivity contribution in [2.45, 2.75) is 60.5 Å². The van der Waals surface area contributed by atoms with Gasteiger partial charge in [0.2, 0.25) is 5.69 Å². The van der Waals surface area contributed by atoms with Crippen LogP contribution in [0, 0.1) is 19.1 Å². The SMILES string of the molecule is CCOC(=O)C(C)Oc1cc(C)[n+]([O-])c(C)c1C(=O)Nc1c(CC)cccc1CC. The topological polar surface area (TPSA) is 91.6 Å². The van der Waals surface area contributed by atoms with E-state index >= 15 is 0 Å².